The van der Waals surface area contributed by atoms with E-state index in [-0.39, 0.29) is 12.2 Å². The van der Waals surface area contributed by atoms with Crippen LogP contribution in [0.5, 0.6) is 0 Å². The fraction of sp³-hybridized carbons (Fsp3) is 0.0526. The Kier molecular flexibility index (Phi) is 5.19. The second-order valence-corrected chi connectivity index (χ2v) is 5.51. The molecule has 0 saturated carbocycles. The SMILES string of the molecule is O=Cc1cc2ccc(CNC(=O)c3cc(=O)[nH]cccccn3)cc2[nH]1. The van der Waals surface area contributed by atoms with Crippen LogP contribution in [0.3, 0.4) is 0 Å². The highest BCUT2D eigenvalue weighted by Crippen LogP contribution is 2.16. The lowest BCUT2D eigenvalue weighted by Crippen LogP contribution is -2.24. The molecule has 0 saturated heterocycles. The maximum Gasteiger partial charge on any atom is 0.270 e. The van der Waals surface area contributed by atoms with Gasteiger partial charge in [-0.25, -0.2) is 0 Å². The Morgan fingerprint density at radius 2 is 2.04 bits per heavy atom. The number of amides is 1. The van der Waals surface area contributed by atoms with E-state index in [2.05, 4.69) is 20.3 Å². The minimum Gasteiger partial charge on any atom is -0.352 e. The van der Waals surface area contributed by atoms with Crippen LogP contribution in [0.1, 0.15) is 26.5 Å². The van der Waals surface area contributed by atoms with Crippen molar-refractivity contribution in [1.82, 2.24) is 20.3 Å². The first-order valence-electron chi connectivity index (χ1n) is 7.89. The predicted octanol–water partition coefficient (Wildman–Crippen LogP) is 2.12. The fourth-order valence-electron chi connectivity index (χ4n) is 2.39. The maximum atomic E-state index is 12.3. The summed E-state index contributed by atoms with van der Waals surface area (Å²) in [6.45, 7) is 0.258. The molecule has 2 aromatic heterocycles. The van der Waals surface area contributed by atoms with Gasteiger partial charge < -0.3 is 15.3 Å². The summed E-state index contributed by atoms with van der Waals surface area (Å²) in [7, 11) is 0. The van der Waals surface area contributed by atoms with Crippen molar-refractivity contribution in [3.63, 3.8) is 0 Å². The molecule has 0 spiro atoms. The molecule has 3 rings (SSSR count). The van der Waals surface area contributed by atoms with E-state index < -0.39 is 11.5 Å². The molecule has 3 N–H and O–H groups in total. The Bertz CT molecular complexity index is 1070. The summed E-state index contributed by atoms with van der Waals surface area (Å²) in [4.78, 5) is 44.4. The zero-order chi connectivity index (χ0) is 18.4. The molecule has 130 valence electrons. The molecule has 0 bridgehead atoms. The van der Waals surface area contributed by atoms with Gasteiger partial charge in [-0.2, -0.15) is 0 Å². The van der Waals surface area contributed by atoms with E-state index in [1.807, 2.05) is 18.2 Å². The molecular formula is C19H16N4O3. The van der Waals surface area contributed by atoms with Gasteiger partial charge in [-0.15, -0.1) is 0 Å². The topological polar surface area (TPSA) is 108 Å². The van der Waals surface area contributed by atoms with Gasteiger partial charge in [-0.05, 0) is 29.8 Å². The first-order valence-corrected chi connectivity index (χ1v) is 7.89. The number of aromatic amines is 2. The summed E-state index contributed by atoms with van der Waals surface area (Å²) >= 11 is 0. The van der Waals surface area contributed by atoms with Gasteiger partial charge in [0.05, 0.1) is 5.69 Å². The van der Waals surface area contributed by atoms with Gasteiger partial charge in [0.25, 0.3) is 5.91 Å². The molecule has 7 nitrogen and oxygen atoms in total. The Hall–Kier alpha value is -3.74. The molecule has 1 aromatic carbocycles. The minimum atomic E-state index is -0.463. The molecular weight excluding hydrogens is 332 g/mol. The summed E-state index contributed by atoms with van der Waals surface area (Å²) in [5, 5.41) is 3.65. The summed E-state index contributed by atoms with van der Waals surface area (Å²) in [6.07, 6.45) is 3.67. The van der Waals surface area contributed by atoms with Crippen LogP contribution < -0.4 is 10.9 Å². The predicted molar refractivity (Wildman–Crippen MR) is 97.3 cm³/mol. The lowest BCUT2D eigenvalue weighted by molar-refractivity contribution is 0.0945. The Labute approximate surface area is 148 Å². The number of nitrogens with one attached hydrogen (secondary N) is 3. The van der Waals surface area contributed by atoms with Gasteiger partial charge >= 0.3 is 0 Å². The highest BCUT2D eigenvalue weighted by Gasteiger charge is 2.07. The minimum absolute atomic E-state index is 0.00615. The molecule has 0 radical (unpaired) electrons. The molecule has 0 unspecified atom stereocenters. The Morgan fingerprint density at radius 1 is 1.15 bits per heavy atom. The van der Waals surface area contributed by atoms with Crippen molar-refractivity contribution in [1.29, 1.82) is 0 Å². The number of aldehydes is 1. The highest BCUT2D eigenvalue weighted by molar-refractivity contribution is 5.92. The number of hydrogen-bond acceptors (Lipinski definition) is 4. The zero-order valence-electron chi connectivity index (χ0n) is 13.7. The van der Waals surface area contributed by atoms with Gasteiger partial charge in [0, 0.05) is 35.9 Å². The monoisotopic (exact) mass is 348 g/mol. The lowest BCUT2D eigenvalue weighted by Gasteiger charge is -2.04. The Balaban J connectivity index is 1.79. The number of carbonyl (C=O) groups excluding carboxylic acids is 2. The van der Waals surface area contributed by atoms with Gasteiger partial charge in [-0.1, -0.05) is 18.2 Å². The molecule has 0 aliphatic carbocycles. The molecule has 0 aliphatic heterocycles. The normalized spacial score (nSPS) is 10.2. The average Bonchev–Trinajstić information content (AvgIpc) is 3.07. The summed E-state index contributed by atoms with van der Waals surface area (Å²) in [5.41, 5.74) is 1.72. The van der Waals surface area contributed by atoms with E-state index in [0.717, 1.165) is 28.8 Å². The lowest BCUT2D eigenvalue weighted by atomic mass is 10.1. The van der Waals surface area contributed by atoms with Crippen molar-refractivity contribution in [2.24, 2.45) is 0 Å². The van der Waals surface area contributed by atoms with E-state index in [1.54, 1.807) is 24.3 Å². The van der Waals surface area contributed by atoms with Gasteiger partial charge in [0.15, 0.2) is 6.29 Å². The van der Waals surface area contributed by atoms with E-state index in [1.165, 1.54) is 12.4 Å². The van der Waals surface area contributed by atoms with E-state index >= 15 is 0 Å². The maximum absolute atomic E-state index is 12.3. The molecule has 2 heterocycles. The standard InChI is InChI=1S/C19H16N4O3/c24-12-15-9-14-5-4-13(8-16(14)23-15)11-22-19(26)17-10-18(25)21-7-3-1-2-6-20-17/h1-10,12,23H,11H2,(H,21,25)(H,22,26). The fourth-order valence-corrected chi connectivity index (χ4v) is 2.39. The number of aromatic nitrogens is 3. The van der Waals surface area contributed by atoms with Crippen LogP contribution in [-0.4, -0.2) is 27.1 Å². The quantitative estimate of drug-likeness (QED) is 0.628. The third-order valence-electron chi connectivity index (χ3n) is 3.63. The summed E-state index contributed by atoms with van der Waals surface area (Å²) in [6, 6.07) is 13.5. The summed E-state index contributed by atoms with van der Waals surface area (Å²) < 4.78 is 0. The zero-order valence-corrected chi connectivity index (χ0v) is 13.7. The first-order chi connectivity index (χ1) is 12.7. The first kappa shape index (κ1) is 17.1. The number of fused-ring (bicyclic) bond motifs is 1. The third kappa shape index (κ3) is 4.21. The number of carbonyl (C=O) groups is 2. The third-order valence-corrected chi connectivity index (χ3v) is 3.63. The van der Waals surface area contributed by atoms with E-state index in [4.69, 9.17) is 0 Å². The second-order valence-electron chi connectivity index (χ2n) is 5.51. The average molecular weight is 348 g/mol. The molecule has 7 heteroatoms. The number of nitrogens with zero attached hydrogens (tertiary/aromatic N) is 1. The van der Waals surface area contributed by atoms with Crippen molar-refractivity contribution < 1.29 is 9.59 Å². The summed E-state index contributed by atoms with van der Waals surface area (Å²) in [5.74, 6) is -0.463. The van der Waals surface area contributed by atoms with E-state index in [0.29, 0.717) is 5.69 Å². The molecule has 26 heavy (non-hydrogen) atoms. The van der Waals surface area contributed by atoms with Crippen LogP contribution in [-0.2, 0) is 6.54 Å². The number of hydrogen-bond donors (Lipinski definition) is 3. The van der Waals surface area contributed by atoms with Gasteiger partial charge in [0.2, 0.25) is 5.56 Å². The van der Waals surface area contributed by atoms with Crippen LogP contribution in [0, 0.1) is 0 Å². The molecule has 0 fully saturated rings. The largest absolute Gasteiger partial charge is 0.352 e. The van der Waals surface area contributed by atoms with Crippen molar-refractivity contribution in [3.05, 3.63) is 88.2 Å². The highest BCUT2D eigenvalue weighted by atomic mass is 16.2. The van der Waals surface area contributed by atoms with Crippen molar-refractivity contribution >= 4 is 23.1 Å². The van der Waals surface area contributed by atoms with Crippen LogP contribution >= 0.6 is 0 Å². The molecule has 3 aromatic rings. The molecule has 0 atom stereocenters. The number of rotatable bonds is 4. The van der Waals surface area contributed by atoms with E-state index in [9.17, 15) is 14.4 Å². The number of H-pyrrole nitrogens is 2. The van der Waals surface area contributed by atoms with Crippen molar-refractivity contribution in [2.45, 2.75) is 6.54 Å². The van der Waals surface area contributed by atoms with Crippen LogP contribution in [0.4, 0.5) is 0 Å². The second kappa shape index (κ2) is 7.89. The smallest absolute Gasteiger partial charge is 0.270 e. The van der Waals surface area contributed by atoms with Crippen LogP contribution in [0.25, 0.3) is 10.9 Å². The molecule has 1 amide bonds. The van der Waals surface area contributed by atoms with Crippen LogP contribution in [0.15, 0.2) is 65.7 Å². The van der Waals surface area contributed by atoms with Gasteiger partial charge in [-0.3, -0.25) is 19.4 Å². The van der Waals surface area contributed by atoms with Crippen LogP contribution in [0.2, 0.25) is 0 Å². The van der Waals surface area contributed by atoms with Crippen molar-refractivity contribution in [2.75, 3.05) is 0 Å². The van der Waals surface area contributed by atoms with Crippen molar-refractivity contribution in [3.8, 4) is 0 Å². The Morgan fingerprint density at radius 3 is 2.88 bits per heavy atom. The number of benzene rings is 1. The molecule has 0 aliphatic rings. The van der Waals surface area contributed by atoms with Gasteiger partial charge in [0.1, 0.15) is 5.69 Å².